The molecule has 1 fully saturated rings. The van der Waals surface area contributed by atoms with E-state index in [1.165, 1.54) is 6.92 Å². The number of nitrogens with one attached hydrogen (secondary N) is 5. The Bertz CT molecular complexity index is 1220. The number of hydrogen-bond acceptors (Lipinski definition) is 7. The zero-order valence-corrected chi connectivity index (χ0v) is 22.4. The van der Waals surface area contributed by atoms with Crippen molar-refractivity contribution in [3.8, 4) is 0 Å². The second-order valence-electron chi connectivity index (χ2n) is 9.85. The number of carboxylic acid groups (broad SMARTS) is 1. The number of aliphatic hydroxyl groups excluding tert-OH is 1. The van der Waals surface area contributed by atoms with Crippen LogP contribution in [0, 0.1) is 0 Å². The predicted octanol–water partition coefficient (Wildman–Crippen LogP) is -1.56. The van der Waals surface area contributed by atoms with Gasteiger partial charge in [-0.15, -0.1) is 0 Å². The fraction of sp³-hybridized carbons (Fsp3) is 0.500. The summed E-state index contributed by atoms with van der Waals surface area (Å²) in [6.45, 7) is 2.16. The van der Waals surface area contributed by atoms with E-state index in [9.17, 15) is 29.4 Å². The highest BCUT2D eigenvalue weighted by Crippen LogP contribution is 2.19. The summed E-state index contributed by atoms with van der Waals surface area (Å²) >= 11 is 0. The maximum atomic E-state index is 13.5. The van der Waals surface area contributed by atoms with Crippen LogP contribution in [0.2, 0.25) is 0 Å². The van der Waals surface area contributed by atoms with Crippen LogP contribution in [0.4, 0.5) is 0 Å². The molecule has 1 aromatic carbocycles. The van der Waals surface area contributed by atoms with Crippen molar-refractivity contribution in [3.05, 3.63) is 36.0 Å². The Morgan fingerprint density at radius 1 is 1.10 bits per heavy atom. The van der Waals surface area contributed by atoms with Gasteiger partial charge in [0.1, 0.15) is 18.1 Å². The molecule has 0 spiro atoms. The molecular formula is C26H38N8O6. The second-order valence-corrected chi connectivity index (χ2v) is 9.85. The summed E-state index contributed by atoms with van der Waals surface area (Å²) in [6.07, 6.45) is 2.26. The number of aromatic amines is 1. The third kappa shape index (κ3) is 8.41. The molecule has 2 aromatic rings. The molecule has 11 N–H and O–H groups in total. The molecule has 40 heavy (non-hydrogen) atoms. The lowest BCUT2D eigenvalue weighted by atomic mass is 10.0. The normalized spacial score (nSPS) is 17.8. The Morgan fingerprint density at radius 3 is 2.50 bits per heavy atom. The first-order valence-electron chi connectivity index (χ1n) is 13.2. The van der Waals surface area contributed by atoms with E-state index < -0.39 is 48.1 Å². The average molecular weight is 559 g/mol. The number of fused-ring (bicyclic) bond motifs is 1. The van der Waals surface area contributed by atoms with Crippen molar-refractivity contribution in [2.75, 3.05) is 13.1 Å². The van der Waals surface area contributed by atoms with Crippen molar-refractivity contribution in [2.45, 2.75) is 69.3 Å². The fourth-order valence-corrected chi connectivity index (χ4v) is 4.59. The number of nitrogens with two attached hydrogens (primary N) is 2. The second kappa shape index (κ2) is 14.3. The van der Waals surface area contributed by atoms with Crippen LogP contribution in [0.5, 0.6) is 0 Å². The summed E-state index contributed by atoms with van der Waals surface area (Å²) < 4.78 is 0. The molecular weight excluding hydrogens is 520 g/mol. The number of carboxylic acids is 1. The Balaban J connectivity index is 1.74. The van der Waals surface area contributed by atoms with Crippen molar-refractivity contribution < 1.29 is 29.4 Å². The van der Waals surface area contributed by atoms with Crippen LogP contribution in [-0.2, 0) is 25.6 Å². The number of carbonyl (C=O) groups excluding carboxylic acids is 3. The van der Waals surface area contributed by atoms with E-state index in [0.717, 1.165) is 22.9 Å². The quantitative estimate of drug-likeness (QED) is 0.0739. The molecule has 3 rings (SSSR count). The van der Waals surface area contributed by atoms with Crippen molar-refractivity contribution >= 4 is 40.6 Å². The van der Waals surface area contributed by atoms with Gasteiger partial charge >= 0.3 is 5.97 Å². The number of carbonyl (C=O) groups is 4. The molecule has 1 aliphatic rings. The summed E-state index contributed by atoms with van der Waals surface area (Å²) in [5, 5.41) is 31.5. The van der Waals surface area contributed by atoms with E-state index in [4.69, 9.17) is 11.5 Å². The molecule has 1 saturated heterocycles. The molecule has 0 radical (unpaired) electrons. The molecule has 14 heteroatoms. The Kier molecular flexibility index (Phi) is 10.8. The van der Waals surface area contributed by atoms with Gasteiger partial charge in [-0.1, -0.05) is 18.2 Å². The van der Waals surface area contributed by atoms with Crippen LogP contribution in [0.1, 0.15) is 38.2 Å². The first-order valence-corrected chi connectivity index (χ1v) is 13.2. The molecule has 1 aliphatic heterocycles. The van der Waals surface area contributed by atoms with Gasteiger partial charge in [-0.2, -0.15) is 0 Å². The minimum absolute atomic E-state index is 0.0198. The zero-order chi connectivity index (χ0) is 29.2. The lowest BCUT2D eigenvalue weighted by Crippen LogP contribution is -2.60. The minimum Gasteiger partial charge on any atom is -0.480 e. The standard InChI is InChI=1S/C26H38N8O6/c1-14(35)21(24(38)32-19(25(39)40)9-5-11-30-26(27)28)34-23(37)20(33-22(36)18-8-4-10-29-18)12-15-13-31-17-7-3-2-6-16(15)17/h2-3,6-7,13-14,18-21,29,31,35H,4-5,8-12H2,1H3,(H,32,38)(H,33,36)(H,34,37)(H,39,40)(H4,27,28,30). The van der Waals surface area contributed by atoms with Gasteiger partial charge in [-0.3, -0.25) is 19.4 Å². The smallest absolute Gasteiger partial charge is 0.326 e. The van der Waals surface area contributed by atoms with E-state index in [1.807, 2.05) is 24.3 Å². The van der Waals surface area contributed by atoms with Gasteiger partial charge in [0.05, 0.1) is 12.1 Å². The largest absolute Gasteiger partial charge is 0.480 e. The Labute approximate surface area is 231 Å². The molecule has 5 atom stereocenters. The number of aromatic nitrogens is 1. The molecule has 0 bridgehead atoms. The highest BCUT2D eigenvalue weighted by Gasteiger charge is 2.33. The van der Waals surface area contributed by atoms with Gasteiger partial charge in [0.2, 0.25) is 17.7 Å². The van der Waals surface area contributed by atoms with Gasteiger partial charge in [-0.25, -0.2) is 4.79 Å². The van der Waals surface area contributed by atoms with Gasteiger partial charge in [0, 0.05) is 30.1 Å². The van der Waals surface area contributed by atoms with Gasteiger partial charge in [-0.05, 0) is 50.8 Å². The Morgan fingerprint density at radius 2 is 1.85 bits per heavy atom. The first kappa shape index (κ1) is 30.4. The molecule has 0 saturated carbocycles. The summed E-state index contributed by atoms with van der Waals surface area (Å²) in [6, 6.07) is 3.23. The van der Waals surface area contributed by atoms with Gasteiger partial charge in [0.15, 0.2) is 5.96 Å². The maximum absolute atomic E-state index is 13.5. The molecule has 1 aromatic heterocycles. The Hall–Kier alpha value is -4.17. The van der Waals surface area contributed by atoms with Gasteiger partial charge in [0.25, 0.3) is 0 Å². The van der Waals surface area contributed by atoms with Crippen molar-refractivity contribution in [1.29, 1.82) is 0 Å². The number of aliphatic hydroxyl groups is 1. The van der Waals surface area contributed by atoms with E-state index in [0.29, 0.717) is 13.0 Å². The third-order valence-corrected chi connectivity index (χ3v) is 6.73. The van der Waals surface area contributed by atoms with Crippen molar-refractivity contribution in [1.82, 2.24) is 26.3 Å². The topological polar surface area (TPSA) is 237 Å². The number of hydrogen-bond donors (Lipinski definition) is 9. The monoisotopic (exact) mass is 558 g/mol. The SMILES string of the molecule is CC(O)C(NC(=O)C(Cc1c[nH]c2ccccc12)NC(=O)C1CCCN1)C(=O)NC(CCCN=C(N)N)C(=O)O. The van der Waals surface area contributed by atoms with Gasteiger partial charge < -0.3 is 47.9 Å². The molecule has 14 nitrogen and oxygen atoms in total. The van der Waals surface area contributed by atoms with Crippen LogP contribution in [0.3, 0.4) is 0 Å². The highest BCUT2D eigenvalue weighted by molar-refractivity contribution is 5.95. The van der Waals surface area contributed by atoms with Crippen LogP contribution in [0.15, 0.2) is 35.5 Å². The summed E-state index contributed by atoms with van der Waals surface area (Å²) in [4.78, 5) is 58.0. The highest BCUT2D eigenvalue weighted by atomic mass is 16.4. The zero-order valence-electron chi connectivity index (χ0n) is 22.4. The number of para-hydroxylation sites is 1. The van der Waals surface area contributed by atoms with Crippen molar-refractivity contribution in [3.63, 3.8) is 0 Å². The number of H-pyrrole nitrogens is 1. The lowest BCUT2D eigenvalue weighted by molar-refractivity contribution is -0.143. The number of benzene rings is 1. The van der Waals surface area contributed by atoms with Crippen LogP contribution < -0.4 is 32.7 Å². The fourth-order valence-electron chi connectivity index (χ4n) is 4.59. The van der Waals surface area contributed by atoms with Crippen LogP contribution in [-0.4, -0.2) is 88.2 Å². The first-order chi connectivity index (χ1) is 19.1. The third-order valence-electron chi connectivity index (χ3n) is 6.73. The van der Waals surface area contributed by atoms with Crippen LogP contribution >= 0.6 is 0 Å². The molecule has 218 valence electrons. The van der Waals surface area contributed by atoms with E-state index in [2.05, 4.69) is 31.2 Å². The maximum Gasteiger partial charge on any atom is 0.326 e. The van der Waals surface area contributed by atoms with Crippen LogP contribution in [0.25, 0.3) is 10.9 Å². The number of aliphatic imine (C=N–C) groups is 1. The lowest BCUT2D eigenvalue weighted by Gasteiger charge is -2.26. The number of nitrogens with zero attached hydrogens (tertiary/aromatic N) is 1. The molecule has 3 amide bonds. The molecule has 5 unspecified atom stereocenters. The van der Waals surface area contributed by atoms with Crippen molar-refractivity contribution in [2.24, 2.45) is 16.5 Å². The molecule has 2 heterocycles. The number of aliphatic carboxylic acids is 1. The molecule has 0 aliphatic carbocycles. The summed E-state index contributed by atoms with van der Waals surface area (Å²) in [5.41, 5.74) is 12.2. The van der Waals surface area contributed by atoms with E-state index >= 15 is 0 Å². The summed E-state index contributed by atoms with van der Waals surface area (Å²) in [5.74, 6) is -3.35. The van der Waals surface area contributed by atoms with E-state index in [1.54, 1.807) is 6.20 Å². The number of guanidine groups is 1. The number of amides is 3. The summed E-state index contributed by atoms with van der Waals surface area (Å²) in [7, 11) is 0. The average Bonchev–Trinajstić information content (AvgIpc) is 3.59. The van der Waals surface area contributed by atoms with E-state index in [-0.39, 0.29) is 37.7 Å². The minimum atomic E-state index is -1.47. The predicted molar refractivity (Wildman–Crippen MR) is 148 cm³/mol. The number of rotatable bonds is 14.